The van der Waals surface area contributed by atoms with Crippen LogP contribution in [0.5, 0.6) is 0 Å². The van der Waals surface area contributed by atoms with Crippen LogP contribution in [0.1, 0.15) is 5.56 Å². The van der Waals surface area contributed by atoms with Gasteiger partial charge >= 0.3 is 0 Å². The Morgan fingerprint density at radius 2 is 1.78 bits per heavy atom. The largest absolute Gasteiger partial charge is 0.354 e. The number of carbonyl (C=O) groups excluding carboxylic acids is 2. The predicted octanol–water partition coefficient (Wildman–Crippen LogP) is 0.812. The van der Waals surface area contributed by atoms with E-state index in [9.17, 15) is 9.59 Å². The Hall–Kier alpha value is -1.89. The Balaban J connectivity index is 0.00000242. The predicted molar refractivity (Wildman–Crippen MR) is 95.0 cm³/mol. The van der Waals surface area contributed by atoms with Crippen LogP contribution in [0.3, 0.4) is 0 Å². The summed E-state index contributed by atoms with van der Waals surface area (Å²) in [5, 5.41) is 6.26. The van der Waals surface area contributed by atoms with Crippen molar-refractivity contribution in [3.63, 3.8) is 0 Å². The molecule has 1 heterocycles. The summed E-state index contributed by atoms with van der Waals surface area (Å²) in [5.74, 6) is -0.576. The lowest BCUT2D eigenvalue weighted by atomic mass is 10.1. The summed E-state index contributed by atoms with van der Waals surface area (Å²) < 4.78 is 0. The number of carbonyl (C=O) groups is 2. The minimum absolute atomic E-state index is 0. The first-order valence-electron chi connectivity index (χ1n) is 6.77. The third-order valence-electron chi connectivity index (χ3n) is 3.06. The zero-order valence-corrected chi connectivity index (χ0v) is 14.1. The van der Waals surface area contributed by atoms with Gasteiger partial charge in [-0.15, -0.1) is 24.8 Å². The Bertz CT molecular complexity index is 647. The fourth-order valence-electron chi connectivity index (χ4n) is 2.02. The molecule has 0 unspecified atom stereocenters. The molecule has 0 aliphatic heterocycles. The van der Waals surface area contributed by atoms with Crippen molar-refractivity contribution < 1.29 is 9.59 Å². The van der Waals surface area contributed by atoms with Crippen LogP contribution >= 0.6 is 24.8 Å². The molecule has 0 aliphatic carbocycles. The molecule has 1 aromatic heterocycles. The second-order valence-corrected chi connectivity index (χ2v) is 4.57. The van der Waals surface area contributed by atoms with E-state index in [1.165, 1.54) is 0 Å². The van der Waals surface area contributed by atoms with Gasteiger partial charge in [-0.05, 0) is 18.1 Å². The van der Waals surface area contributed by atoms with E-state index in [2.05, 4.69) is 15.6 Å². The highest BCUT2D eigenvalue weighted by atomic mass is 35.5. The van der Waals surface area contributed by atoms with Crippen molar-refractivity contribution in [2.45, 2.75) is 6.42 Å². The van der Waals surface area contributed by atoms with Crippen molar-refractivity contribution in [3.05, 3.63) is 42.1 Å². The number of amides is 2. The van der Waals surface area contributed by atoms with Crippen LogP contribution in [-0.2, 0) is 16.0 Å². The first kappa shape index (κ1) is 21.1. The molecule has 0 saturated heterocycles. The zero-order valence-electron chi connectivity index (χ0n) is 12.5. The number of nitrogens with one attached hydrogen (secondary N) is 2. The topological polar surface area (TPSA) is 97.1 Å². The Kier molecular flexibility index (Phi) is 9.89. The van der Waals surface area contributed by atoms with E-state index < -0.39 is 0 Å². The third kappa shape index (κ3) is 6.40. The van der Waals surface area contributed by atoms with Crippen LogP contribution in [0.25, 0.3) is 10.9 Å². The lowest BCUT2D eigenvalue weighted by Gasteiger charge is -2.08. The molecule has 0 spiro atoms. The van der Waals surface area contributed by atoms with Crippen LogP contribution < -0.4 is 16.4 Å². The highest BCUT2D eigenvalue weighted by molar-refractivity contribution is 5.86. The number of rotatable bonds is 6. The molecule has 126 valence electrons. The van der Waals surface area contributed by atoms with Gasteiger partial charge in [-0.3, -0.25) is 14.6 Å². The average Bonchev–Trinajstić information content (AvgIpc) is 2.52. The number of aromatic nitrogens is 1. The second-order valence-electron chi connectivity index (χ2n) is 4.57. The number of benzene rings is 1. The normalized spacial score (nSPS) is 9.43. The Labute approximate surface area is 147 Å². The summed E-state index contributed by atoms with van der Waals surface area (Å²) in [6, 6.07) is 9.88. The van der Waals surface area contributed by atoms with Crippen LogP contribution in [-0.4, -0.2) is 36.4 Å². The number of para-hydroxylation sites is 1. The number of nitrogens with two attached hydrogens (primary N) is 1. The van der Waals surface area contributed by atoms with Crippen LogP contribution in [0.2, 0.25) is 0 Å². The zero-order chi connectivity index (χ0) is 15.1. The molecular formula is C15H20Cl2N4O2. The van der Waals surface area contributed by atoms with Gasteiger partial charge in [0.1, 0.15) is 0 Å². The van der Waals surface area contributed by atoms with Crippen LogP contribution in [0.15, 0.2) is 36.5 Å². The third-order valence-corrected chi connectivity index (χ3v) is 3.06. The lowest BCUT2D eigenvalue weighted by molar-refractivity contribution is -0.125. The SMILES string of the molecule is Cl.Cl.NCC(=O)NCC(=O)NCCc1cccc2cccnc12. The summed E-state index contributed by atoms with van der Waals surface area (Å²) in [5.41, 5.74) is 7.17. The van der Waals surface area contributed by atoms with Crippen molar-refractivity contribution in [1.29, 1.82) is 0 Å². The quantitative estimate of drug-likeness (QED) is 0.711. The van der Waals surface area contributed by atoms with E-state index in [-0.39, 0.29) is 49.7 Å². The summed E-state index contributed by atoms with van der Waals surface area (Å²) in [7, 11) is 0. The highest BCUT2D eigenvalue weighted by Gasteiger charge is 2.05. The van der Waals surface area contributed by atoms with Crippen molar-refractivity contribution in [2.24, 2.45) is 5.73 Å². The summed E-state index contributed by atoms with van der Waals surface area (Å²) in [4.78, 5) is 26.8. The monoisotopic (exact) mass is 358 g/mol. The highest BCUT2D eigenvalue weighted by Crippen LogP contribution is 2.15. The van der Waals surface area contributed by atoms with Crippen molar-refractivity contribution in [3.8, 4) is 0 Å². The molecule has 0 fully saturated rings. The van der Waals surface area contributed by atoms with Crippen molar-refractivity contribution in [2.75, 3.05) is 19.6 Å². The molecular weight excluding hydrogens is 339 g/mol. The van der Waals surface area contributed by atoms with E-state index in [0.29, 0.717) is 13.0 Å². The average molecular weight is 359 g/mol. The summed E-state index contributed by atoms with van der Waals surface area (Å²) >= 11 is 0. The van der Waals surface area contributed by atoms with E-state index in [4.69, 9.17) is 5.73 Å². The van der Waals surface area contributed by atoms with E-state index >= 15 is 0 Å². The Morgan fingerprint density at radius 1 is 1.04 bits per heavy atom. The first-order valence-corrected chi connectivity index (χ1v) is 6.77. The van der Waals surface area contributed by atoms with Gasteiger partial charge in [-0.2, -0.15) is 0 Å². The van der Waals surface area contributed by atoms with Crippen molar-refractivity contribution >= 4 is 47.5 Å². The maximum atomic E-state index is 11.5. The standard InChI is InChI=1S/C15H18N4O2.2ClH/c16-9-13(20)19-10-14(21)17-8-6-12-4-1-3-11-5-2-7-18-15(11)12;;/h1-5,7H,6,8-10,16H2,(H,17,21)(H,19,20);2*1H. The molecule has 8 heteroatoms. The molecule has 0 bridgehead atoms. The maximum absolute atomic E-state index is 11.5. The number of hydrogen-bond donors (Lipinski definition) is 3. The van der Waals surface area contributed by atoms with Gasteiger partial charge in [-0.25, -0.2) is 0 Å². The van der Waals surface area contributed by atoms with Gasteiger partial charge in [-0.1, -0.05) is 24.3 Å². The van der Waals surface area contributed by atoms with Gasteiger partial charge in [0.2, 0.25) is 11.8 Å². The molecule has 6 nitrogen and oxygen atoms in total. The van der Waals surface area contributed by atoms with Crippen molar-refractivity contribution in [1.82, 2.24) is 15.6 Å². The molecule has 0 aliphatic rings. The van der Waals surface area contributed by atoms with Gasteiger partial charge < -0.3 is 16.4 Å². The maximum Gasteiger partial charge on any atom is 0.239 e. The number of nitrogens with zero attached hydrogens (tertiary/aromatic N) is 1. The molecule has 0 atom stereocenters. The van der Waals surface area contributed by atoms with Gasteiger partial charge in [0.15, 0.2) is 0 Å². The van der Waals surface area contributed by atoms with Gasteiger partial charge in [0.25, 0.3) is 0 Å². The molecule has 1 aromatic carbocycles. The van der Waals surface area contributed by atoms with Gasteiger partial charge in [0.05, 0.1) is 18.6 Å². The lowest BCUT2D eigenvalue weighted by Crippen LogP contribution is -2.40. The van der Waals surface area contributed by atoms with E-state index in [1.54, 1.807) is 6.20 Å². The smallest absolute Gasteiger partial charge is 0.239 e. The molecule has 23 heavy (non-hydrogen) atoms. The van der Waals surface area contributed by atoms with Gasteiger partial charge in [0, 0.05) is 18.1 Å². The number of fused-ring (bicyclic) bond motifs is 1. The second kappa shape index (κ2) is 10.8. The van der Waals surface area contributed by atoms with E-state index in [0.717, 1.165) is 16.5 Å². The molecule has 0 saturated carbocycles. The molecule has 0 radical (unpaired) electrons. The Morgan fingerprint density at radius 3 is 2.52 bits per heavy atom. The number of halogens is 2. The molecule has 4 N–H and O–H groups in total. The van der Waals surface area contributed by atoms with Crippen LogP contribution in [0.4, 0.5) is 0 Å². The first-order chi connectivity index (χ1) is 10.2. The molecule has 2 amide bonds. The van der Waals surface area contributed by atoms with Crippen LogP contribution in [0, 0.1) is 0 Å². The minimum Gasteiger partial charge on any atom is -0.354 e. The summed E-state index contributed by atoms with van der Waals surface area (Å²) in [6.07, 6.45) is 2.44. The summed E-state index contributed by atoms with van der Waals surface area (Å²) in [6.45, 7) is 0.325. The number of hydrogen-bond acceptors (Lipinski definition) is 4. The molecule has 2 rings (SSSR count). The number of pyridine rings is 1. The minimum atomic E-state index is -0.344. The fraction of sp³-hybridized carbons (Fsp3) is 0.267. The molecule has 2 aromatic rings. The van der Waals surface area contributed by atoms with E-state index in [1.807, 2.05) is 30.3 Å². The fourth-order valence-corrected chi connectivity index (χ4v) is 2.02.